The highest BCUT2D eigenvalue weighted by Crippen LogP contribution is 2.32. The van der Waals surface area contributed by atoms with Crippen LogP contribution in [0.1, 0.15) is 43.7 Å². The molecule has 1 amide bonds. The van der Waals surface area contributed by atoms with E-state index >= 15 is 0 Å². The summed E-state index contributed by atoms with van der Waals surface area (Å²) in [5.74, 6) is -1.55. The summed E-state index contributed by atoms with van der Waals surface area (Å²) in [4.78, 5) is 36.0. The zero-order valence-electron chi connectivity index (χ0n) is 17.0. The second kappa shape index (κ2) is 10.0. The van der Waals surface area contributed by atoms with E-state index in [4.69, 9.17) is 4.74 Å². The van der Waals surface area contributed by atoms with Crippen molar-refractivity contribution in [3.05, 3.63) is 69.8 Å². The maximum absolute atomic E-state index is 12.8. The van der Waals surface area contributed by atoms with Gasteiger partial charge >= 0.3 is 5.97 Å². The molecule has 0 saturated heterocycles. The van der Waals surface area contributed by atoms with E-state index in [-0.39, 0.29) is 18.2 Å². The standard InChI is InChI=1S/C23H26N2O5/c1-2-16-10-12-18(13-11-16)24-22(26)20-8-3-4-9-21(20)23(27)30-15-17-6-5-7-19(14-17)25(28)29/h5-7,10-14,20-21H,2-4,8-9,15H2,1H3,(H,24,26). The molecule has 0 heterocycles. The molecule has 1 aliphatic carbocycles. The summed E-state index contributed by atoms with van der Waals surface area (Å²) in [7, 11) is 0. The van der Waals surface area contributed by atoms with E-state index in [9.17, 15) is 19.7 Å². The summed E-state index contributed by atoms with van der Waals surface area (Å²) in [6.45, 7) is 2.02. The van der Waals surface area contributed by atoms with Gasteiger partial charge in [-0.2, -0.15) is 0 Å². The van der Waals surface area contributed by atoms with Crippen LogP contribution in [0, 0.1) is 22.0 Å². The van der Waals surface area contributed by atoms with Crippen molar-refractivity contribution < 1.29 is 19.2 Å². The molecule has 7 heteroatoms. The summed E-state index contributed by atoms with van der Waals surface area (Å²) in [5, 5.41) is 13.8. The number of nitro groups is 1. The summed E-state index contributed by atoms with van der Waals surface area (Å²) >= 11 is 0. The molecule has 3 rings (SSSR count). The molecule has 0 spiro atoms. The van der Waals surface area contributed by atoms with Gasteiger partial charge in [-0.15, -0.1) is 0 Å². The normalized spacial score (nSPS) is 18.4. The Kier molecular flexibility index (Phi) is 7.17. The molecule has 7 nitrogen and oxygen atoms in total. The van der Waals surface area contributed by atoms with Crippen LogP contribution in [0.25, 0.3) is 0 Å². The highest BCUT2D eigenvalue weighted by molar-refractivity contribution is 5.95. The van der Waals surface area contributed by atoms with Crippen molar-refractivity contribution in [2.75, 3.05) is 5.32 Å². The molecule has 1 saturated carbocycles. The van der Waals surface area contributed by atoms with Crippen LogP contribution < -0.4 is 5.32 Å². The van der Waals surface area contributed by atoms with Crippen LogP contribution in [0.4, 0.5) is 11.4 Å². The van der Waals surface area contributed by atoms with Crippen molar-refractivity contribution in [1.82, 2.24) is 0 Å². The van der Waals surface area contributed by atoms with Gasteiger partial charge < -0.3 is 10.1 Å². The first-order valence-corrected chi connectivity index (χ1v) is 10.3. The number of nitrogens with zero attached hydrogens (tertiary/aromatic N) is 1. The molecule has 2 unspecified atom stereocenters. The van der Waals surface area contributed by atoms with E-state index < -0.39 is 22.7 Å². The summed E-state index contributed by atoms with van der Waals surface area (Å²) in [5.41, 5.74) is 2.40. The van der Waals surface area contributed by atoms with Crippen LogP contribution in [0.15, 0.2) is 48.5 Å². The lowest BCUT2D eigenvalue weighted by Crippen LogP contribution is -2.37. The number of aryl methyl sites for hydroxylation is 1. The summed E-state index contributed by atoms with van der Waals surface area (Å²) in [6, 6.07) is 13.7. The lowest BCUT2D eigenvalue weighted by molar-refractivity contribution is -0.384. The molecule has 0 radical (unpaired) electrons. The average molecular weight is 410 g/mol. The molecule has 2 atom stereocenters. The predicted octanol–water partition coefficient (Wildman–Crippen LogP) is 4.65. The summed E-state index contributed by atoms with van der Waals surface area (Å²) < 4.78 is 5.42. The highest BCUT2D eigenvalue weighted by Gasteiger charge is 2.36. The van der Waals surface area contributed by atoms with Gasteiger partial charge in [-0.1, -0.05) is 44.0 Å². The molecule has 30 heavy (non-hydrogen) atoms. The first kappa shape index (κ1) is 21.5. The highest BCUT2D eigenvalue weighted by atomic mass is 16.6. The number of hydrogen-bond acceptors (Lipinski definition) is 5. The molecule has 1 fully saturated rings. The van der Waals surface area contributed by atoms with Crippen LogP contribution in [0.5, 0.6) is 0 Å². The summed E-state index contributed by atoms with van der Waals surface area (Å²) in [6.07, 6.45) is 3.92. The fraction of sp³-hybridized carbons (Fsp3) is 0.391. The first-order valence-electron chi connectivity index (χ1n) is 10.3. The number of nitro benzene ring substituents is 1. The number of carbonyl (C=O) groups is 2. The Hall–Kier alpha value is -3.22. The third-order valence-electron chi connectivity index (χ3n) is 5.54. The number of hydrogen-bond donors (Lipinski definition) is 1. The largest absolute Gasteiger partial charge is 0.461 e. The third-order valence-corrected chi connectivity index (χ3v) is 5.54. The van der Waals surface area contributed by atoms with Crippen LogP contribution in [-0.2, 0) is 27.4 Å². The van der Waals surface area contributed by atoms with Gasteiger partial charge in [-0.05, 0) is 42.5 Å². The second-order valence-corrected chi connectivity index (χ2v) is 7.57. The number of carbonyl (C=O) groups excluding carboxylic acids is 2. The lowest BCUT2D eigenvalue weighted by Gasteiger charge is -2.29. The van der Waals surface area contributed by atoms with E-state index in [0.717, 1.165) is 19.3 Å². The Balaban J connectivity index is 1.62. The van der Waals surface area contributed by atoms with E-state index in [1.54, 1.807) is 12.1 Å². The van der Waals surface area contributed by atoms with Crippen LogP contribution >= 0.6 is 0 Å². The van der Waals surface area contributed by atoms with Gasteiger partial charge in [0.05, 0.1) is 16.8 Å². The molecule has 1 N–H and O–H groups in total. The average Bonchev–Trinajstić information content (AvgIpc) is 2.78. The topological polar surface area (TPSA) is 98.5 Å². The lowest BCUT2D eigenvalue weighted by atomic mass is 9.78. The van der Waals surface area contributed by atoms with E-state index in [1.165, 1.54) is 17.7 Å². The molecule has 2 aromatic carbocycles. The Morgan fingerprint density at radius 2 is 1.77 bits per heavy atom. The quantitative estimate of drug-likeness (QED) is 0.407. The van der Waals surface area contributed by atoms with E-state index in [1.807, 2.05) is 24.3 Å². The van der Waals surface area contributed by atoms with Gasteiger partial charge in [0.2, 0.25) is 5.91 Å². The van der Waals surface area contributed by atoms with Crippen molar-refractivity contribution in [2.45, 2.75) is 45.6 Å². The predicted molar refractivity (Wildman–Crippen MR) is 113 cm³/mol. The van der Waals surface area contributed by atoms with Crippen molar-refractivity contribution in [1.29, 1.82) is 0 Å². The number of non-ortho nitro benzene ring substituents is 1. The number of esters is 1. The maximum Gasteiger partial charge on any atom is 0.310 e. The van der Waals surface area contributed by atoms with Gasteiger partial charge in [-0.3, -0.25) is 19.7 Å². The van der Waals surface area contributed by atoms with Crippen molar-refractivity contribution in [3.8, 4) is 0 Å². The number of amides is 1. The molecule has 2 aromatic rings. The molecule has 0 aliphatic heterocycles. The third kappa shape index (κ3) is 5.43. The number of anilines is 1. The Morgan fingerprint density at radius 3 is 2.43 bits per heavy atom. The van der Waals surface area contributed by atoms with Gasteiger partial charge in [0.25, 0.3) is 5.69 Å². The minimum absolute atomic E-state index is 0.0486. The molecule has 0 bridgehead atoms. The van der Waals surface area contributed by atoms with Gasteiger partial charge in [-0.25, -0.2) is 0 Å². The van der Waals surface area contributed by atoms with E-state index in [0.29, 0.717) is 24.1 Å². The van der Waals surface area contributed by atoms with Gasteiger partial charge in [0, 0.05) is 17.8 Å². The molecule has 1 aliphatic rings. The van der Waals surface area contributed by atoms with E-state index in [2.05, 4.69) is 12.2 Å². The Bertz CT molecular complexity index is 910. The molecular weight excluding hydrogens is 384 g/mol. The second-order valence-electron chi connectivity index (χ2n) is 7.57. The zero-order chi connectivity index (χ0) is 21.5. The van der Waals surface area contributed by atoms with Crippen LogP contribution in [0.2, 0.25) is 0 Å². The minimum Gasteiger partial charge on any atom is -0.461 e. The van der Waals surface area contributed by atoms with Crippen molar-refractivity contribution in [3.63, 3.8) is 0 Å². The molecular formula is C23H26N2O5. The van der Waals surface area contributed by atoms with Crippen molar-refractivity contribution >= 4 is 23.3 Å². The monoisotopic (exact) mass is 410 g/mol. The Morgan fingerprint density at radius 1 is 1.07 bits per heavy atom. The Labute approximate surface area is 175 Å². The minimum atomic E-state index is -0.507. The van der Waals surface area contributed by atoms with Gasteiger partial charge in [0.15, 0.2) is 0 Å². The fourth-order valence-corrected chi connectivity index (χ4v) is 3.81. The number of nitrogens with one attached hydrogen (secondary N) is 1. The number of ether oxygens (including phenoxy) is 1. The number of benzene rings is 2. The molecule has 0 aromatic heterocycles. The SMILES string of the molecule is CCc1ccc(NC(=O)C2CCCCC2C(=O)OCc2cccc([N+](=O)[O-])c2)cc1. The van der Waals surface area contributed by atoms with Gasteiger partial charge in [0.1, 0.15) is 6.61 Å². The van der Waals surface area contributed by atoms with Crippen LogP contribution in [-0.4, -0.2) is 16.8 Å². The van der Waals surface area contributed by atoms with Crippen molar-refractivity contribution in [2.24, 2.45) is 11.8 Å². The zero-order valence-corrected chi connectivity index (χ0v) is 17.0. The maximum atomic E-state index is 12.8. The van der Waals surface area contributed by atoms with Crippen LogP contribution in [0.3, 0.4) is 0 Å². The number of rotatable bonds is 7. The fourth-order valence-electron chi connectivity index (χ4n) is 3.81. The smallest absolute Gasteiger partial charge is 0.310 e. The first-order chi connectivity index (χ1) is 14.5. The molecule has 158 valence electrons.